The first-order chi connectivity index (χ1) is 6.61. The number of likely N-dealkylation sites (tertiary alicyclic amines) is 1. The molecule has 0 amide bonds. The second-order valence-electron chi connectivity index (χ2n) is 5.20. The third-order valence-electron chi connectivity index (χ3n) is 3.34. The van der Waals surface area contributed by atoms with Gasteiger partial charge in [0.15, 0.2) is 0 Å². The SMILES string of the molecule is CCN1CCC(C2NC(C)(C)CO2)C1.Cl. The van der Waals surface area contributed by atoms with Gasteiger partial charge in [0, 0.05) is 18.0 Å². The third kappa shape index (κ3) is 3.06. The van der Waals surface area contributed by atoms with Gasteiger partial charge in [-0.25, -0.2) is 0 Å². The fourth-order valence-electron chi connectivity index (χ4n) is 2.42. The lowest BCUT2D eigenvalue weighted by Gasteiger charge is -2.21. The van der Waals surface area contributed by atoms with Crippen molar-refractivity contribution >= 4 is 12.4 Å². The summed E-state index contributed by atoms with van der Waals surface area (Å²) in [5.41, 5.74) is 0.171. The minimum absolute atomic E-state index is 0. The quantitative estimate of drug-likeness (QED) is 0.784. The van der Waals surface area contributed by atoms with Crippen molar-refractivity contribution in [2.45, 2.75) is 39.0 Å². The number of ether oxygens (including phenoxy) is 1. The molecule has 2 unspecified atom stereocenters. The summed E-state index contributed by atoms with van der Waals surface area (Å²) in [4.78, 5) is 2.50. The molecule has 2 aliphatic heterocycles. The number of hydrogen-bond acceptors (Lipinski definition) is 3. The van der Waals surface area contributed by atoms with Crippen LogP contribution in [0.5, 0.6) is 0 Å². The normalized spacial score (nSPS) is 35.4. The predicted molar refractivity (Wildman–Crippen MR) is 64.4 cm³/mol. The van der Waals surface area contributed by atoms with Crippen LogP contribution in [-0.4, -0.2) is 42.9 Å². The van der Waals surface area contributed by atoms with Crippen molar-refractivity contribution in [3.63, 3.8) is 0 Å². The van der Waals surface area contributed by atoms with Gasteiger partial charge in [-0.1, -0.05) is 6.92 Å². The van der Waals surface area contributed by atoms with E-state index in [1.54, 1.807) is 0 Å². The Morgan fingerprint density at radius 2 is 2.20 bits per heavy atom. The summed E-state index contributed by atoms with van der Waals surface area (Å²) < 4.78 is 5.81. The highest BCUT2D eigenvalue weighted by Gasteiger charge is 2.38. The highest BCUT2D eigenvalue weighted by atomic mass is 35.5. The van der Waals surface area contributed by atoms with Crippen LogP contribution in [0.1, 0.15) is 27.2 Å². The summed E-state index contributed by atoms with van der Waals surface area (Å²) in [6.07, 6.45) is 1.57. The number of nitrogens with zero attached hydrogens (tertiary/aromatic N) is 1. The van der Waals surface area contributed by atoms with Crippen LogP contribution in [-0.2, 0) is 4.74 Å². The standard InChI is InChI=1S/C11H22N2O.ClH/c1-4-13-6-5-9(7-13)10-12-11(2,3)8-14-10;/h9-10,12H,4-8H2,1-3H3;1H. The van der Waals surface area contributed by atoms with E-state index in [0.29, 0.717) is 12.1 Å². The smallest absolute Gasteiger partial charge is 0.112 e. The summed E-state index contributed by atoms with van der Waals surface area (Å²) in [5.74, 6) is 0.691. The Kier molecular flexibility index (Phi) is 4.41. The molecule has 4 heteroatoms. The van der Waals surface area contributed by atoms with Crippen molar-refractivity contribution in [2.24, 2.45) is 5.92 Å². The minimum Gasteiger partial charge on any atom is -0.361 e. The van der Waals surface area contributed by atoms with Crippen LogP contribution in [0.3, 0.4) is 0 Å². The average molecular weight is 235 g/mol. The molecule has 0 aromatic rings. The second kappa shape index (κ2) is 5.00. The molecule has 2 saturated heterocycles. The zero-order chi connectivity index (χ0) is 10.2. The Balaban J connectivity index is 0.00000112. The monoisotopic (exact) mass is 234 g/mol. The molecule has 2 heterocycles. The average Bonchev–Trinajstić information content (AvgIpc) is 2.70. The molecule has 1 N–H and O–H groups in total. The van der Waals surface area contributed by atoms with Gasteiger partial charge in [-0.05, 0) is 33.4 Å². The maximum atomic E-state index is 5.81. The van der Waals surface area contributed by atoms with E-state index in [9.17, 15) is 0 Å². The van der Waals surface area contributed by atoms with Crippen molar-refractivity contribution in [1.82, 2.24) is 10.2 Å². The van der Waals surface area contributed by atoms with Crippen molar-refractivity contribution in [2.75, 3.05) is 26.2 Å². The first kappa shape index (κ1) is 13.2. The van der Waals surface area contributed by atoms with Crippen LogP contribution in [0.4, 0.5) is 0 Å². The molecule has 15 heavy (non-hydrogen) atoms. The molecular weight excluding hydrogens is 212 g/mol. The molecule has 0 bridgehead atoms. The first-order valence-electron chi connectivity index (χ1n) is 5.72. The number of hydrogen-bond donors (Lipinski definition) is 1. The van der Waals surface area contributed by atoms with Gasteiger partial charge in [-0.3, -0.25) is 5.32 Å². The molecular formula is C11H23ClN2O. The van der Waals surface area contributed by atoms with Crippen molar-refractivity contribution in [3.8, 4) is 0 Å². The Morgan fingerprint density at radius 1 is 1.47 bits per heavy atom. The number of rotatable bonds is 2. The van der Waals surface area contributed by atoms with Gasteiger partial charge < -0.3 is 9.64 Å². The Hall–Kier alpha value is 0.170. The summed E-state index contributed by atoms with van der Waals surface area (Å²) in [6.45, 7) is 11.1. The molecule has 0 aromatic carbocycles. The molecule has 0 aliphatic carbocycles. The Bertz CT molecular complexity index is 211. The van der Waals surface area contributed by atoms with Crippen molar-refractivity contribution < 1.29 is 4.74 Å². The molecule has 0 saturated carbocycles. The van der Waals surface area contributed by atoms with Gasteiger partial charge >= 0.3 is 0 Å². The van der Waals surface area contributed by atoms with E-state index >= 15 is 0 Å². The van der Waals surface area contributed by atoms with E-state index in [-0.39, 0.29) is 17.9 Å². The topological polar surface area (TPSA) is 24.5 Å². The number of halogens is 1. The van der Waals surface area contributed by atoms with Crippen molar-refractivity contribution in [3.05, 3.63) is 0 Å². The van der Waals surface area contributed by atoms with Gasteiger partial charge in [0.25, 0.3) is 0 Å². The molecule has 3 nitrogen and oxygen atoms in total. The molecule has 0 aromatic heterocycles. The van der Waals surface area contributed by atoms with Gasteiger partial charge in [0.05, 0.1) is 6.61 Å². The fraction of sp³-hybridized carbons (Fsp3) is 1.00. The lowest BCUT2D eigenvalue weighted by molar-refractivity contribution is 0.0540. The van der Waals surface area contributed by atoms with Crippen LogP contribution in [0.15, 0.2) is 0 Å². The Labute approximate surface area is 99.0 Å². The van der Waals surface area contributed by atoms with Gasteiger partial charge in [0.1, 0.15) is 6.23 Å². The maximum absolute atomic E-state index is 5.81. The second-order valence-corrected chi connectivity index (χ2v) is 5.20. The summed E-state index contributed by atoms with van der Waals surface area (Å²) in [7, 11) is 0. The molecule has 2 rings (SSSR count). The highest BCUT2D eigenvalue weighted by Crippen LogP contribution is 2.26. The summed E-state index contributed by atoms with van der Waals surface area (Å²) in [6, 6.07) is 0. The summed E-state index contributed by atoms with van der Waals surface area (Å²) in [5, 5.41) is 3.57. The zero-order valence-corrected chi connectivity index (χ0v) is 10.8. The molecule has 0 radical (unpaired) electrons. The van der Waals surface area contributed by atoms with Crippen LogP contribution >= 0.6 is 12.4 Å². The maximum Gasteiger partial charge on any atom is 0.112 e. The van der Waals surface area contributed by atoms with E-state index in [0.717, 1.165) is 6.61 Å². The molecule has 0 spiro atoms. The Morgan fingerprint density at radius 3 is 2.67 bits per heavy atom. The van der Waals surface area contributed by atoms with E-state index in [1.165, 1.54) is 26.1 Å². The highest BCUT2D eigenvalue weighted by molar-refractivity contribution is 5.85. The van der Waals surface area contributed by atoms with E-state index in [4.69, 9.17) is 4.74 Å². The van der Waals surface area contributed by atoms with E-state index < -0.39 is 0 Å². The van der Waals surface area contributed by atoms with E-state index in [2.05, 4.69) is 31.0 Å². The molecule has 2 atom stereocenters. The van der Waals surface area contributed by atoms with E-state index in [1.807, 2.05) is 0 Å². The number of nitrogens with one attached hydrogen (secondary N) is 1. The van der Waals surface area contributed by atoms with Gasteiger partial charge in [-0.2, -0.15) is 0 Å². The minimum atomic E-state index is 0. The predicted octanol–water partition coefficient (Wildman–Crippen LogP) is 1.47. The lowest BCUT2D eigenvalue weighted by atomic mass is 10.1. The fourth-order valence-corrected chi connectivity index (χ4v) is 2.42. The lowest BCUT2D eigenvalue weighted by Crippen LogP contribution is -2.42. The molecule has 2 fully saturated rings. The van der Waals surface area contributed by atoms with Crippen LogP contribution < -0.4 is 5.32 Å². The molecule has 90 valence electrons. The third-order valence-corrected chi connectivity index (χ3v) is 3.34. The zero-order valence-electron chi connectivity index (χ0n) is 9.95. The van der Waals surface area contributed by atoms with Crippen LogP contribution in [0, 0.1) is 5.92 Å². The van der Waals surface area contributed by atoms with Crippen LogP contribution in [0.25, 0.3) is 0 Å². The molecule has 2 aliphatic rings. The largest absolute Gasteiger partial charge is 0.361 e. The van der Waals surface area contributed by atoms with Gasteiger partial charge in [-0.15, -0.1) is 12.4 Å². The first-order valence-corrected chi connectivity index (χ1v) is 5.72. The van der Waals surface area contributed by atoms with Crippen LogP contribution in [0.2, 0.25) is 0 Å². The van der Waals surface area contributed by atoms with Gasteiger partial charge in [0.2, 0.25) is 0 Å². The summed E-state index contributed by atoms with van der Waals surface area (Å²) >= 11 is 0. The van der Waals surface area contributed by atoms with Crippen molar-refractivity contribution in [1.29, 1.82) is 0 Å².